The molecule has 11 nitrogen and oxygen atoms in total. The third kappa shape index (κ3) is 4.94. The number of carboxylic acids is 1. The zero-order chi connectivity index (χ0) is 24.3. The van der Waals surface area contributed by atoms with Crippen LogP contribution in [0.2, 0.25) is 0 Å². The normalized spacial score (nSPS) is 15.3. The number of nitro groups is 1. The summed E-state index contributed by atoms with van der Waals surface area (Å²) >= 11 is 2.32. The van der Waals surface area contributed by atoms with Crippen LogP contribution in [-0.2, 0) is 9.59 Å². The first kappa shape index (κ1) is 23.7. The molecule has 1 unspecified atom stereocenters. The number of aliphatic carboxylic acids is 1. The molecule has 3 heterocycles. The molecule has 4 rings (SSSR count). The Hall–Kier alpha value is -3.97. The lowest BCUT2D eigenvalue weighted by molar-refractivity contribution is -0.384. The van der Waals surface area contributed by atoms with E-state index in [2.05, 4.69) is 10.2 Å². The first-order valence-corrected chi connectivity index (χ1v) is 10.9. The molecule has 0 aliphatic carbocycles. The number of thiophene rings is 1. The van der Waals surface area contributed by atoms with E-state index >= 15 is 0 Å². The Morgan fingerprint density at radius 3 is 2.30 bits per heavy atom. The molecule has 0 saturated heterocycles. The zero-order valence-corrected chi connectivity index (χ0v) is 18.8. The van der Waals surface area contributed by atoms with Gasteiger partial charge in [0.2, 0.25) is 10.9 Å². The number of amides is 1. The standard InChI is InChI=1S/C18H12N4O5S2.C2H4O2/c1-9-19-20-18(29-9)21-14(10-4-6-11(7-5-10)22(26)27)13(16(24)17(21)25)15(23)12-3-2-8-28-12;1-2(3)4/h2-8,14,24H,1H3;1H3,(H,3,4). The molecule has 1 aliphatic heterocycles. The highest BCUT2D eigenvalue weighted by molar-refractivity contribution is 7.15. The monoisotopic (exact) mass is 488 g/mol. The van der Waals surface area contributed by atoms with Gasteiger partial charge in [0.05, 0.1) is 21.4 Å². The molecule has 0 bridgehead atoms. The van der Waals surface area contributed by atoms with Crippen LogP contribution in [0, 0.1) is 17.0 Å². The molecule has 1 amide bonds. The van der Waals surface area contributed by atoms with Gasteiger partial charge in [0.15, 0.2) is 5.76 Å². The molecule has 1 atom stereocenters. The van der Waals surface area contributed by atoms with Gasteiger partial charge in [0.25, 0.3) is 17.6 Å². The maximum Gasteiger partial charge on any atom is 0.300 e. The average Bonchev–Trinajstić information content (AvgIpc) is 3.48. The summed E-state index contributed by atoms with van der Waals surface area (Å²) in [5.41, 5.74) is 0.204. The number of carbonyl (C=O) groups excluding carboxylic acids is 2. The van der Waals surface area contributed by atoms with E-state index in [4.69, 9.17) is 9.90 Å². The van der Waals surface area contributed by atoms with Crippen molar-refractivity contribution in [2.45, 2.75) is 19.9 Å². The maximum absolute atomic E-state index is 13.1. The molecule has 0 radical (unpaired) electrons. The third-order valence-corrected chi connectivity index (χ3v) is 6.05. The van der Waals surface area contributed by atoms with Gasteiger partial charge in [-0.1, -0.05) is 17.4 Å². The van der Waals surface area contributed by atoms with Gasteiger partial charge in [-0.3, -0.25) is 29.4 Å². The van der Waals surface area contributed by atoms with Crippen LogP contribution in [0.15, 0.2) is 53.1 Å². The Bertz CT molecular complexity index is 1250. The van der Waals surface area contributed by atoms with Gasteiger partial charge in [-0.25, -0.2) is 0 Å². The SMILES string of the molecule is CC(=O)O.Cc1nnc(N2C(=O)C(O)=C(C(=O)c3cccs3)C2c2ccc([N+](=O)[O-])cc2)s1. The lowest BCUT2D eigenvalue weighted by atomic mass is 9.95. The summed E-state index contributed by atoms with van der Waals surface area (Å²) in [6, 6.07) is 7.79. The van der Waals surface area contributed by atoms with Crippen molar-refractivity contribution in [1.29, 1.82) is 0 Å². The minimum Gasteiger partial charge on any atom is -0.503 e. The van der Waals surface area contributed by atoms with E-state index in [0.717, 1.165) is 18.3 Å². The number of hydrogen-bond donors (Lipinski definition) is 2. The predicted molar refractivity (Wildman–Crippen MR) is 120 cm³/mol. The number of anilines is 1. The van der Waals surface area contributed by atoms with Crippen molar-refractivity contribution in [2.75, 3.05) is 4.90 Å². The Morgan fingerprint density at radius 1 is 1.18 bits per heavy atom. The minimum atomic E-state index is -0.981. The van der Waals surface area contributed by atoms with Crippen molar-refractivity contribution >= 4 is 51.2 Å². The summed E-state index contributed by atoms with van der Waals surface area (Å²) in [6.07, 6.45) is 0. The molecule has 0 spiro atoms. The fourth-order valence-corrected chi connectivity index (χ4v) is 4.44. The molecule has 0 fully saturated rings. The number of aliphatic hydroxyl groups excluding tert-OH is 1. The van der Waals surface area contributed by atoms with Crippen LogP contribution in [0.25, 0.3) is 0 Å². The number of aryl methyl sites for hydroxylation is 1. The first-order valence-electron chi connectivity index (χ1n) is 9.20. The van der Waals surface area contributed by atoms with Gasteiger partial charge in [0, 0.05) is 19.1 Å². The molecule has 3 aromatic rings. The number of nitro benzene ring substituents is 1. The van der Waals surface area contributed by atoms with Crippen molar-refractivity contribution in [1.82, 2.24) is 10.2 Å². The number of non-ortho nitro benzene ring substituents is 1. The smallest absolute Gasteiger partial charge is 0.300 e. The van der Waals surface area contributed by atoms with Crippen LogP contribution in [0.5, 0.6) is 0 Å². The molecular formula is C20H16N4O7S2. The summed E-state index contributed by atoms with van der Waals surface area (Å²) in [6.45, 7) is 2.80. The van der Waals surface area contributed by atoms with Gasteiger partial charge in [0.1, 0.15) is 5.01 Å². The van der Waals surface area contributed by atoms with Gasteiger partial charge >= 0.3 is 0 Å². The number of carboxylic acid groups (broad SMARTS) is 1. The van der Waals surface area contributed by atoms with Crippen molar-refractivity contribution in [3.05, 3.63) is 78.7 Å². The zero-order valence-electron chi connectivity index (χ0n) is 17.2. The van der Waals surface area contributed by atoms with Gasteiger partial charge in [-0.05, 0) is 36.1 Å². The first-order chi connectivity index (χ1) is 15.6. The van der Waals surface area contributed by atoms with E-state index in [1.807, 2.05) is 0 Å². The molecular weight excluding hydrogens is 472 g/mol. The molecule has 170 valence electrons. The van der Waals surface area contributed by atoms with Crippen molar-refractivity contribution < 1.29 is 29.5 Å². The fourth-order valence-electron chi connectivity index (χ4n) is 3.05. The number of rotatable bonds is 5. The Balaban J connectivity index is 0.000000709. The predicted octanol–water partition coefficient (Wildman–Crippen LogP) is 3.69. The number of nitrogens with zero attached hydrogens (tertiary/aromatic N) is 4. The third-order valence-electron chi connectivity index (χ3n) is 4.34. The van der Waals surface area contributed by atoms with Crippen LogP contribution in [0.3, 0.4) is 0 Å². The second-order valence-electron chi connectivity index (χ2n) is 6.62. The van der Waals surface area contributed by atoms with E-state index in [0.29, 0.717) is 15.4 Å². The van der Waals surface area contributed by atoms with Crippen LogP contribution >= 0.6 is 22.7 Å². The summed E-state index contributed by atoms with van der Waals surface area (Å²) in [5.74, 6) is -2.76. The van der Waals surface area contributed by atoms with Crippen LogP contribution < -0.4 is 4.90 Å². The lowest BCUT2D eigenvalue weighted by Crippen LogP contribution is -2.31. The largest absolute Gasteiger partial charge is 0.503 e. The maximum atomic E-state index is 13.1. The second-order valence-corrected chi connectivity index (χ2v) is 8.73. The number of carbonyl (C=O) groups is 3. The Kier molecular flexibility index (Phi) is 6.94. The van der Waals surface area contributed by atoms with Crippen LogP contribution in [0.1, 0.15) is 33.2 Å². The van der Waals surface area contributed by atoms with Crippen molar-refractivity contribution in [3.8, 4) is 0 Å². The van der Waals surface area contributed by atoms with Crippen LogP contribution in [-0.4, -0.2) is 43.0 Å². The molecule has 2 N–H and O–H groups in total. The summed E-state index contributed by atoms with van der Waals surface area (Å²) in [7, 11) is 0. The molecule has 0 saturated carbocycles. The number of aliphatic hydroxyl groups is 1. The van der Waals surface area contributed by atoms with Gasteiger partial charge < -0.3 is 10.2 Å². The van der Waals surface area contributed by atoms with E-state index in [1.165, 1.54) is 40.5 Å². The highest BCUT2D eigenvalue weighted by atomic mass is 32.1. The van der Waals surface area contributed by atoms with Crippen LogP contribution in [0.4, 0.5) is 10.8 Å². The molecule has 13 heteroatoms. The van der Waals surface area contributed by atoms with E-state index < -0.39 is 34.4 Å². The summed E-state index contributed by atoms with van der Waals surface area (Å²) < 4.78 is 0. The number of benzene rings is 1. The van der Waals surface area contributed by atoms with E-state index in [1.54, 1.807) is 24.4 Å². The Morgan fingerprint density at radius 2 is 1.82 bits per heavy atom. The van der Waals surface area contributed by atoms with Gasteiger partial charge in [-0.2, -0.15) is 0 Å². The highest BCUT2D eigenvalue weighted by Gasteiger charge is 2.46. The molecule has 33 heavy (non-hydrogen) atoms. The lowest BCUT2D eigenvalue weighted by Gasteiger charge is -2.23. The average molecular weight is 489 g/mol. The van der Waals surface area contributed by atoms with Gasteiger partial charge in [-0.15, -0.1) is 21.5 Å². The quantitative estimate of drug-likeness (QED) is 0.309. The molecule has 1 aliphatic rings. The summed E-state index contributed by atoms with van der Waals surface area (Å²) in [4.78, 5) is 46.9. The Labute approximate surface area is 194 Å². The number of Topliss-reactive ketones (excluding diaryl/α,β-unsaturated/α-hetero) is 1. The van der Waals surface area contributed by atoms with E-state index in [-0.39, 0.29) is 16.4 Å². The van der Waals surface area contributed by atoms with E-state index in [9.17, 15) is 24.8 Å². The van der Waals surface area contributed by atoms with Crippen molar-refractivity contribution in [3.63, 3.8) is 0 Å². The second kappa shape index (κ2) is 9.67. The minimum absolute atomic E-state index is 0.0980. The summed E-state index contributed by atoms with van der Waals surface area (Å²) in [5, 5.41) is 39.4. The number of hydrogen-bond acceptors (Lipinski definition) is 10. The molecule has 1 aromatic carbocycles. The van der Waals surface area contributed by atoms with Crippen molar-refractivity contribution in [2.24, 2.45) is 0 Å². The molecule has 2 aromatic heterocycles. The number of ketones is 1. The number of aromatic nitrogens is 2. The topological polar surface area (TPSA) is 164 Å². The fraction of sp³-hybridized carbons (Fsp3) is 0.150. The highest BCUT2D eigenvalue weighted by Crippen LogP contribution is 2.43.